The molecule has 0 unspecified atom stereocenters. The molecule has 0 aromatic heterocycles. The Labute approximate surface area is 137 Å². The molecule has 0 bridgehead atoms. The first-order chi connectivity index (χ1) is 9.93. The van der Waals surface area contributed by atoms with Gasteiger partial charge in [0.15, 0.2) is 0 Å². The number of fused-ring (bicyclic) bond motifs is 3. The van der Waals surface area contributed by atoms with Crippen molar-refractivity contribution in [2.45, 2.75) is 6.42 Å². The molecule has 0 spiro atoms. The van der Waals surface area contributed by atoms with Crippen LogP contribution in [-0.4, -0.2) is 0 Å². The molecule has 1 heteroatoms. The van der Waals surface area contributed by atoms with Crippen LogP contribution in [0.25, 0.3) is 21.5 Å². The molecule has 0 N–H and O–H groups in total. The smallest absolute Gasteiger partial charge is 0.120 e. The zero-order chi connectivity index (χ0) is 13.4. The summed E-state index contributed by atoms with van der Waals surface area (Å²) >= 11 is 0. The zero-order valence-electron chi connectivity index (χ0n) is 12.2. The molecule has 0 aliphatic heterocycles. The Kier molecular flexibility index (Phi) is 3.93. The maximum absolute atomic E-state index is 2.24. The van der Waals surface area contributed by atoms with Crippen molar-refractivity contribution in [1.29, 1.82) is 0 Å². The molecular weight excluding hydrogens is 247 g/mol. The van der Waals surface area contributed by atoms with Crippen LogP contribution in [0.5, 0.6) is 0 Å². The van der Waals surface area contributed by atoms with E-state index < -0.39 is 0 Å². The van der Waals surface area contributed by atoms with E-state index in [4.69, 9.17) is 0 Å². The molecule has 0 aliphatic carbocycles. The van der Waals surface area contributed by atoms with Crippen LogP contribution in [0.4, 0.5) is 0 Å². The molecular formula is C20H15Li. The summed E-state index contributed by atoms with van der Waals surface area (Å²) in [4.78, 5) is 0. The van der Waals surface area contributed by atoms with E-state index in [0.29, 0.717) is 0 Å². The van der Waals surface area contributed by atoms with E-state index in [0.717, 1.165) is 6.42 Å². The summed E-state index contributed by atoms with van der Waals surface area (Å²) in [5.41, 5.74) is 2.82. The second kappa shape index (κ2) is 5.86. The number of hydrogen-bond acceptors (Lipinski definition) is 0. The Hall–Kier alpha value is -1.87. The van der Waals surface area contributed by atoms with Gasteiger partial charge in [-0.1, -0.05) is 72.3 Å². The van der Waals surface area contributed by atoms with E-state index in [2.05, 4.69) is 78.9 Å². The largest absolute Gasteiger partial charge is 1.00 e. The van der Waals surface area contributed by atoms with E-state index in [9.17, 15) is 0 Å². The van der Waals surface area contributed by atoms with Gasteiger partial charge in [-0.2, -0.15) is 0 Å². The van der Waals surface area contributed by atoms with Crippen LogP contribution in [0.2, 0.25) is 0 Å². The van der Waals surface area contributed by atoms with Crippen molar-refractivity contribution >= 4 is 21.5 Å². The summed E-state index contributed by atoms with van der Waals surface area (Å²) in [5.74, 6) is 0. The molecule has 4 rings (SSSR count). The molecule has 0 fully saturated rings. The second-order valence-electron chi connectivity index (χ2n) is 5.23. The Balaban J connectivity index is 0.00000132. The normalized spacial score (nSPS) is 10.7. The second-order valence-corrected chi connectivity index (χ2v) is 5.23. The molecule has 0 saturated carbocycles. The molecule has 4 aromatic carbocycles. The molecule has 0 nitrogen and oxygen atoms in total. The van der Waals surface area contributed by atoms with Crippen LogP contribution in [0.15, 0.2) is 78.9 Å². The Morgan fingerprint density at radius 2 is 1.05 bits per heavy atom. The van der Waals surface area contributed by atoms with Gasteiger partial charge in [-0.3, -0.25) is 0 Å². The van der Waals surface area contributed by atoms with Gasteiger partial charge in [-0.05, 0) is 6.42 Å². The van der Waals surface area contributed by atoms with Crippen LogP contribution in [-0.2, 0) is 6.42 Å². The van der Waals surface area contributed by atoms with E-state index in [1.165, 1.54) is 32.7 Å². The maximum Gasteiger partial charge on any atom is 1.00 e. The topological polar surface area (TPSA) is 0 Å². The molecule has 0 radical (unpaired) electrons. The molecule has 21 heavy (non-hydrogen) atoms. The minimum Gasteiger partial charge on any atom is -0.120 e. The van der Waals surface area contributed by atoms with Crippen molar-refractivity contribution in [3.63, 3.8) is 0 Å². The molecule has 0 saturated heterocycles. The van der Waals surface area contributed by atoms with Gasteiger partial charge in [0, 0.05) is 0 Å². The van der Waals surface area contributed by atoms with Crippen molar-refractivity contribution in [2.24, 2.45) is 0 Å². The van der Waals surface area contributed by atoms with Crippen molar-refractivity contribution in [1.82, 2.24) is 0 Å². The van der Waals surface area contributed by atoms with Crippen molar-refractivity contribution in [3.05, 3.63) is 90.0 Å². The third-order valence-corrected chi connectivity index (χ3v) is 4.02. The Bertz CT molecular complexity index is 819. The van der Waals surface area contributed by atoms with Gasteiger partial charge in [0.2, 0.25) is 0 Å². The van der Waals surface area contributed by atoms with Gasteiger partial charge >= 0.3 is 18.9 Å². The van der Waals surface area contributed by atoms with E-state index in [-0.39, 0.29) is 18.9 Å². The fourth-order valence-electron chi connectivity index (χ4n) is 3.10. The average Bonchev–Trinajstić information content (AvgIpc) is 2.84. The average molecular weight is 262 g/mol. The summed E-state index contributed by atoms with van der Waals surface area (Å²) in [6.45, 7) is 0. The summed E-state index contributed by atoms with van der Waals surface area (Å²) in [7, 11) is 0. The van der Waals surface area contributed by atoms with Gasteiger partial charge in [0.05, 0.1) is 0 Å². The maximum atomic E-state index is 2.24. The van der Waals surface area contributed by atoms with Gasteiger partial charge in [-0.25, -0.2) is 0 Å². The van der Waals surface area contributed by atoms with Crippen molar-refractivity contribution < 1.29 is 18.9 Å². The molecule has 0 amide bonds. The number of hydrogen-bond donors (Lipinski definition) is 0. The first kappa shape index (κ1) is 14.1. The predicted octanol–water partition coefficient (Wildman–Crippen LogP) is 2.31. The summed E-state index contributed by atoms with van der Waals surface area (Å²) in [6, 6.07) is 28.2. The van der Waals surface area contributed by atoms with E-state index in [1.54, 1.807) is 0 Å². The Morgan fingerprint density at radius 1 is 0.571 bits per heavy atom. The van der Waals surface area contributed by atoms with Gasteiger partial charge in [0.1, 0.15) is 0 Å². The van der Waals surface area contributed by atoms with Gasteiger partial charge in [0.25, 0.3) is 0 Å². The fourth-order valence-corrected chi connectivity index (χ4v) is 3.10. The van der Waals surface area contributed by atoms with Crippen molar-refractivity contribution in [3.8, 4) is 0 Å². The number of benzene rings is 3. The molecule has 96 valence electrons. The van der Waals surface area contributed by atoms with E-state index in [1.807, 2.05) is 0 Å². The van der Waals surface area contributed by atoms with E-state index >= 15 is 0 Å². The van der Waals surface area contributed by atoms with Crippen LogP contribution in [0.1, 0.15) is 11.1 Å². The predicted molar refractivity (Wildman–Crippen MR) is 86.3 cm³/mol. The molecule has 0 aliphatic rings. The monoisotopic (exact) mass is 262 g/mol. The Morgan fingerprint density at radius 3 is 1.62 bits per heavy atom. The SMILES string of the molecule is [Li+].c1ccc(C[c-]2c3ccccc3c3ccccc32)cc1. The first-order valence-corrected chi connectivity index (χ1v) is 7.02. The first-order valence-electron chi connectivity index (χ1n) is 7.02. The van der Waals surface area contributed by atoms with Crippen LogP contribution < -0.4 is 18.9 Å². The number of rotatable bonds is 2. The summed E-state index contributed by atoms with van der Waals surface area (Å²) in [5, 5.41) is 5.51. The standard InChI is InChI=1S/C20H15.Li/c1-2-8-15(9-3-1)14-20-18-12-6-4-10-16(18)17-11-5-7-13-19(17)20;/h1-13H,14H2;/q-1;+1. The van der Waals surface area contributed by atoms with Gasteiger partial charge in [-0.15, -0.1) is 39.2 Å². The fraction of sp³-hybridized carbons (Fsp3) is 0.0500. The third kappa shape index (κ3) is 2.42. The van der Waals surface area contributed by atoms with Crippen LogP contribution >= 0.6 is 0 Å². The zero-order valence-corrected chi connectivity index (χ0v) is 12.2. The minimum absolute atomic E-state index is 0. The summed E-state index contributed by atoms with van der Waals surface area (Å²) in [6.07, 6.45) is 0.995. The quantitative estimate of drug-likeness (QED) is 0.384. The van der Waals surface area contributed by atoms with Gasteiger partial charge < -0.3 is 0 Å². The molecule has 4 aromatic rings. The van der Waals surface area contributed by atoms with Crippen molar-refractivity contribution in [2.75, 3.05) is 0 Å². The molecule has 0 atom stereocenters. The minimum atomic E-state index is 0. The van der Waals surface area contributed by atoms with Crippen LogP contribution in [0.3, 0.4) is 0 Å². The molecule has 0 heterocycles. The van der Waals surface area contributed by atoms with Crippen LogP contribution in [0, 0.1) is 0 Å². The summed E-state index contributed by atoms with van der Waals surface area (Å²) < 4.78 is 0. The third-order valence-electron chi connectivity index (χ3n) is 4.02.